The van der Waals surface area contributed by atoms with E-state index in [0.29, 0.717) is 6.61 Å². The maximum Gasteiger partial charge on any atom is 0.120 e. The summed E-state index contributed by atoms with van der Waals surface area (Å²) in [6, 6.07) is 25.9. The highest BCUT2D eigenvalue weighted by molar-refractivity contribution is 5.85. The van der Waals surface area contributed by atoms with Crippen molar-refractivity contribution in [3.8, 4) is 16.9 Å². The molecule has 3 aromatic carbocycles. The van der Waals surface area contributed by atoms with Crippen LogP contribution in [0, 0.1) is 5.92 Å². The van der Waals surface area contributed by atoms with E-state index in [0.717, 1.165) is 11.7 Å². The fraction of sp³-hybridized carbons (Fsp3) is 0.333. The maximum atomic E-state index is 6.10. The first-order chi connectivity index (χ1) is 14.2. The van der Waals surface area contributed by atoms with Gasteiger partial charge in [0.2, 0.25) is 0 Å². The van der Waals surface area contributed by atoms with Crippen molar-refractivity contribution in [3.63, 3.8) is 0 Å². The van der Waals surface area contributed by atoms with E-state index < -0.39 is 0 Å². The number of nitrogens with zero attached hydrogens (tertiary/aromatic N) is 1. The van der Waals surface area contributed by atoms with Crippen LogP contribution < -0.4 is 4.74 Å². The average Bonchev–Trinajstić information content (AvgIpc) is 2.77. The molecular formula is C27H34ClNO2. The van der Waals surface area contributed by atoms with Gasteiger partial charge in [-0.15, -0.1) is 12.4 Å². The van der Waals surface area contributed by atoms with Crippen LogP contribution in [0.15, 0.2) is 72.8 Å². The van der Waals surface area contributed by atoms with Gasteiger partial charge in [-0.3, -0.25) is 0 Å². The first-order valence-electron chi connectivity index (χ1n) is 10.7. The van der Waals surface area contributed by atoms with Crippen LogP contribution in [-0.4, -0.2) is 31.0 Å². The number of fused-ring (bicyclic) bond motifs is 1. The molecule has 2 N–H and O–H groups in total. The molecule has 3 aromatic rings. The molecule has 0 saturated heterocycles. The molecule has 4 rings (SSSR count). The van der Waals surface area contributed by atoms with Gasteiger partial charge in [0.1, 0.15) is 12.4 Å². The highest BCUT2D eigenvalue weighted by atomic mass is 35.5. The van der Waals surface area contributed by atoms with Gasteiger partial charge in [0.15, 0.2) is 0 Å². The standard InChI is InChI=1S/C27H31NO.ClH.H2O/c1-28(2)17-16-21-8-13-26-19-27(15-14-25(26)18-21)29-20-22-9-11-24(12-10-22)23-6-4-3-5-7-23;;/h3-7,9-12,14-15,19,21H,8,13,16-18,20H2,1-2H3;1H;1H2/t21-;;/m0../s1. The molecule has 0 saturated carbocycles. The zero-order valence-corrected chi connectivity index (χ0v) is 19.3. The third-order valence-corrected chi connectivity index (χ3v) is 5.96. The third kappa shape index (κ3) is 6.83. The minimum Gasteiger partial charge on any atom is -0.489 e. The summed E-state index contributed by atoms with van der Waals surface area (Å²) in [5.74, 6) is 1.81. The van der Waals surface area contributed by atoms with Gasteiger partial charge in [0.25, 0.3) is 0 Å². The Morgan fingerprint density at radius 2 is 1.58 bits per heavy atom. The van der Waals surface area contributed by atoms with Crippen molar-refractivity contribution < 1.29 is 10.2 Å². The highest BCUT2D eigenvalue weighted by Crippen LogP contribution is 2.30. The average molecular weight is 440 g/mol. The van der Waals surface area contributed by atoms with E-state index in [4.69, 9.17) is 4.74 Å². The lowest BCUT2D eigenvalue weighted by Gasteiger charge is -2.26. The molecule has 166 valence electrons. The van der Waals surface area contributed by atoms with Crippen LogP contribution in [-0.2, 0) is 19.4 Å². The molecule has 1 aliphatic carbocycles. The summed E-state index contributed by atoms with van der Waals surface area (Å²) in [5, 5.41) is 0. The molecule has 0 bridgehead atoms. The van der Waals surface area contributed by atoms with Crippen LogP contribution in [0.5, 0.6) is 5.75 Å². The van der Waals surface area contributed by atoms with E-state index >= 15 is 0 Å². The Morgan fingerprint density at radius 3 is 2.29 bits per heavy atom. The molecule has 0 heterocycles. The highest BCUT2D eigenvalue weighted by Gasteiger charge is 2.19. The molecular weight excluding hydrogens is 406 g/mol. The van der Waals surface area contributed by atoms with Gasteiger partial charge in [-0.05, 0) is 92.2 Å². The predicted octanol–water partition coefficient (Wildman–Crippen LogP) is 5.59. The van der Waals surface area contributed by atoms with E-state index in [2.05, 4.69) is 85.7 Å². The number of halogens is 1. The number of hydrogen-bond donors (Lipinski definition) is 0. The minimum absolute atomic E-state index is 0. The van der Waals surface area contributed by atoms with Crippen molar-refractivity contribution >= 4 is 12.4 Å². The Labute approximate surface area is 192 Å². The fourth-order valence-electron chi connectivity index (χ4n) is 4.17. The summed E-state index contributed by atoms with van der Waals surface area (Å²) in [6.45, 7) is 1.80. The van der Waals surface area contributed by atoms with E-state index in [1.807, 2.05) is 6.07 Å². The number of rotatable bonds is 7. The van der Waals surface area contributed by atoms with Gasteiger partial charge in [0.05, 0.1) is 0 Å². The lowest BCUT2D eigenvalue weighted by molar-refractivity contribution is 0.304. The lowest BCUT2D eigenvalue weighted by Crippen LogP contribution is -2.21. The number of benzene rings is 3. The van der Waals surface area contributed by atoms with Crippen molar-refractivity contribution in [1.82, 2.24) is 4.90 Å². The fourth-order valence-corrected chi connectivity index (χ4v) is 4.17. The third-order valence-electron chi connectivity index (χ3n) is 5.96. The molecule has 0 spiro atoms. The van der Waals surface area contributed by atoms with Gasteiger partial charge in [-0.25, -0.2) is 0 Å². The van der Waals surface area contributed by atoms with Crippen LogP contribution in [0.4, 0.5) is 0 Å². The van der Waals surface area contributed by atoms with Gasteiger partial charge < -0.3 is 15.1 Å². The van der Waals surface area contributed by atoms with Gasteiger partial charge in [-0.2, -0.15) is 0 Å². The summed E-state index contributed by atoms with van der Waals surface area (Å²) >= 11 is 0. The summed E-state index contributed by atoms with van der Waals surface area (Å²) in [4.78, 5) is 2.29. The minimum atomic E-state index is 0. The largest absolute Gasteiger partial charge is 0.489 e. The molecule has 0 fully saturated rings. The molecule has 4 heteroatoms. The van der Waals surface area contributed by atoms with Crippen LogP contribution in [0.25, 0.3) is 11.1 Å². The van der Waals surface area contributed by atoms with Crippen molar-refractivity contribution in [1.29, 1.82) is 0 Å². The summed E-state index contributed by atoms with van der Waals surface area (Å²) in [5.41, 5.74) is 6.68. The molecule has 0 aromatic heterocycles. The van der Waals surface area contributed by atoms with Crippen LogP contribution in [0.3, 0.4) is 0 Å². The second kappa shape index (κ2) is 11.9. The Morgan fingerprint density at radius 1 is 0.871 bits per heavy atom. The first-order valence-corrected chi connectivity index (χ1v) is 10.7. The normalized spacial score (nSPS) is 14.9. The van der Waals surface area contributed by atoms with Crippen molar-refractivity contribution in [2.75, 3.05) is 20.6 Å². The SMILES string of the molecule is CN(C)CC[C@@H]1CCc2cc(OCc3ccc(-c4ccccc4)cc3)ccc2C1.Cl.O. The molecule has 0 unspecified atom stereocenters. The van der Waals surface area contributed by atoms with E-state index in [-0.39, 0.29) is 17.9 Å². The topological polar surface area (TPSA) is 44.0 Å². The van der Waals surface area contributed by atoms with E-state index in [1.54, 1.807) is 0 Å². The van der Waals surface area contributed by atoms with Crippen molar-refractivity contribution in [2.45, 2.75) is 32.3 Å². The van der Waals surface area contributed by atoms with E-state index in [9.17, 15) is 0 Å². The molecule has 0 aliphatic heterocycles. The summed E-state index contributed by atoms with van der Waals surface area (Å²) < 4.78 is 6.10. The Kier molecular flexibility index (Phi) is 9.57. The molecule has 0 radical (unpaired) electrons. The van der Waals surface area contributed by atoms with Crippen LogP contribution in [0.2, 0.25) is 0 Å². The Balaban J connectivity index is 0.00000171. The Bertz CT molecular complexity index is 926. The van der Waals surface area contributed by atoms with Crippen LogP contribution >= 0.6 is 12.4 Å². The predicted molar refractivity (Wildman–Crippen MR) is 132 cm³/mol. The molecule has 3 nitrogen and oxygen atoms in total. The van der Waals surface area contributed by atoms with Crippen molar-refractivity contribution in [3.05, 3.63) is 89.5 Å². The lowest BCUT2D eigenvalue weighted by atomic mass is 9.82. The van der Waals surface area contributed by atoms with E-state index in [1.165, 1.54) is 60.0 Å². The number of aryl methyl sites for hydroxylation is 1. The summed E-state index contributed by atoms with van der Waals surface area (Å²) in [7, 11) is 4.32. The van der Waals surface area contributed by atoms with Gasteiger partial charge in [-0.1, -0.05) is 60.7 Å². The second-order valence-electron chi connectivity index (χ2n) is 8.48. The van der Waals surface area contributed by atoms with Crippen molar-refractivity contribution in [2.24, 2.45) is 5.92 Å². The Hall–Kier alpha value is -2.33. The van der Waals surface area contributed by atoms with Crippen LogP contribution in [0.1, 0.15) is 29.5 Å². The zero-order chi connectivity index (χ0) is 20.1. The zero-order valence-electron chi connectivity index (χ0n) is 18.5. The van der Waals surface area contributed by atoms with Gasteiger partial charge in [0, 0.05) is 0 Å². The first kappa shape index (κ1) is 24.9. The smallest absolute Gasteiger partial charge is 0.120 e. The monoisotopic (exact) mass is 439 g/mol. The molecule has 31 heavy (non-hydrogen) atoms. The quantitative estimate of drug-likeness (QED) is 0.481. The summed E-state index contributed by atoms with van der Waals surface area (Å²) in [6.07, 6.45) is 4.98. The maximum absolute atomic E-state index is 6.10. The van der Waals surface area contributed by atoms with Gasteiger partial charge >= 0.3 is 0 Å². The number of ether oxygens (including phenoxy) is 1. The second-order valence-corrected chi connectivity index (χ2v) is 8.48. The molecule has 0 amide bonds. The molecule has 1 atom stereocenters. The molecule has 1 aliphatic rings. The number of hydrogen-bond acceptors (Lipinski definition) is 2.